The van der Waals surface area contributed by atoms with Gasteiger partial charge in [0.25, 0.3) is 5.56 Å². The first-order chi connectivity index (χ1) is 10.2. The van der Waals surface area contributed by atoms with E-state index in [9.17, 15) is 9.90 Å². The Bertz CT molecular complexity index is 793. The van der Waals surface area contributed by atoms with E-state index in [1.807, 2.05) is 30.3 Å². The maximum Gasteiger partial charge on any atom is 0.270 e. The van der Waals surface area contributed by atoms with E-state index in [0.29, 0.717) is 17.8 Å². The van der Waals surface area contributed by atoms with Crippen molar-refractivity contribution in [1.29, 1.82) is 0 Å². The van der Waals surface area contributed by atoms with Crippen molar-refractivity contribution < 1.29 is 5.11 Å². The highest BCUT2D eigenvalue weighted by atomic mass is 16.3. The van der Waals surface area contributed by atoms with E-state index >= 15 is 0 Å². The zero-order valence-electron chi connectivity index (χ0n) is 11.3. The van der Waals surface area contributed by atoms with Crippen molar-refractivity contribution in [2.45, 2.75) is 6.42 Å². The van der Waals surface area contributed by atoms with Crippen molar-refractivity contribution in [3.05, 3.63) is 82.4 Å². The summed E-state index contributed by atoms with van der Waals surface area (Å²) in [7, 11) is 0. The molecule has 0 saturated heterocycles. The SMILES string of the molecule is O=c1[nH]cc(-c2ccc(O)cc2)nc1Cc1ccccc1. The second kappa shape index (κ2) is 5.63. The molecule has 0 saturated carbocycles. The molecule has 0 atom stereocenters. The topological polar surface area (TPSA) is 66.0 Å². The molecule has 21 heavy (non-hydrogen) atoms. The fourth-order valence-corrected chi connectivity index (χ4v) is 2.13. The molecule has 0 spiro atoms. The van der Waals surface area contributed by atoms with E-state index in [-0.39, 0.29) is 11.3 Å². The lowest BCUT2D eigenvalue weighted by atomic mass is 10.1. The molecule has 0 radical (unpaired) electrons. The van der Waals surface area contributed by atoms with Gasteiger partial charge in [0.2, 0.25) is 0 Å². The van der Waals surface area contributed by atoms with Crippen LogP contribution in [-0.4, -0.2) is 15.1 Å². The monoisotopic (exact) mass is 278 g/mol. The molecule has 4 heteroatoms. The van der Waals surface area contributed by atoms with Crippen molar-refractivity contribution in [2.24, 2.45) is 0 Å². The van der Waals surface area contributed by atoms with Gasteiger partial charge in [-0.05, 0) is 29.8 Å². The summed E-state index contributed by atoms with van der Waals surface area (Å²) in [6.45, 7) is 0. The van der Waals surface area contributed by atoms with Gasteiger partial charge in [-0.25, -0.2) is 4.98 Å². The number of aromatic hydroxyl groups is 1. The lowest BCUT2D eigenvalue weighted by Crippen LogP contribution is -2.15. The summed E-state index contributed by atoms with van der Waals surface area (Å²) in [4.78, 5) is 19.1. The molecule has 4 nitrogen and oxygen atoms in total. The van der Waals surface area contributed by atoms with Gasteiger partial charge in [0, 0.05) is 18.2 Å². The Balaban J connectivity index is 1.96. The van der Waals surface area contributed by atoms with Crippen molar-refractivity contribution in [3.8, 4) is 17.0 Å². The first-order valence-electron chi connectivity index (χ1n) is 6.64. The Morgan fingerprint density at radius 1 is 1.00 bits per heavy atom. The Labute approximate surface area is 121 Å². The normalized spacial score (nSPS) is 10.5. The van der Waals surface area contributed by atoms with Crippen LogP contribution in [0.5, 0.6) is 5.75 Å². The Kier molecular flexibility index (Phi) is 3.51. The van der Waals surface area contributed by atoms with Gasteiger partial charge in [-0.2, -0.15) is 0 Å². The minimum Gasteiger partial charge on any atom is -0.508 e. The van der Waals surface area contributed by atoms with Crippen molar-refractivity contribution >= 4 is 0 Å². The number of H-pyrrole nitrogens is 1. The number of rotatable bonds is 3. The molecule has 0 aliphatic rings. The van der Waals surface area contributed by atoms with Crippen LogP contribution in [0, 0.1) is 0 Å². The molecular formula is C17H14N2O2. The Hall–Kier alpha value is -2.88. The average Bonchev–Trinajstić information content (AvgIpc) is 2.51. The number of nitrogens with one attached hydrogen (secondary N) is 1. The predicted octanol–water partition coefficient (Wildman–Crippen LogP) is 2.73. The van der Waals surface area contributed by atoms with E-state index in [1.165, 1.54) is 0 Å². The molecule has 0 aliphatic heterocycles. The highest BCUT2D eigenvalue weighted by molar-refractivity contribution is 5.59. The summed E-state index contributed by atoms with van der Waals surface area (Å²) >= 11 is 0. The van der Waals surface area contributed by atoms with Crippen LogP contribution in [0.15, 0.2) is 65.6 Å². The molecule has 3 aromatic rings. The average molecular weight is 278 g/mol. The third-order valence-corrected chi connectivity index (χ3v) is 3.23. The second-order valence-electron chi connectivity index (χ2n) is 4.77. The number of hydrogen-bond acceptors (Lipinski definition) is 3. The standard InChI is InChI=1S/C17H14N2O2/c20-14-8-6-13(7-9-14)16-11-18-17(21)15(19-16)10-12-4-2-1-3-5-12/h1-9,11,20H,10H2,(H,18,21). The van der Waals surface area contributed by atoms with Crippen LogP contribution in [0.2, 0.25) is 0 Å². The summed E-state index contributed by atoms with van der Waals surface area (Å²) in [6.07, 6.45) is 2.07. The van der Waals surface area contributed by atoms with Gasteiger partial charge in [0.05, 0.1) is 5.69 Å². The summed E-state index contributed by atoms with van der Waals surface area (Å²) in [5.74, 6) is 0.202. The minimum atomic E-state index is -0.179. The largest absolute Gasteiger partial charge is 0.508 e. The van der Waals surface area contributed by atoms with Crippen LogP contribution in [0.25, 0.3) is 11.3 Å². The summed E-state index contributed by atoms with van der Waals surface area (Å²) < 4.78 is 0. The quantitative estimate of drug-likeness (QED) is 0.774. The number of benzene rings is 2. The summed E-state index contributed by atoms with van der Waals surface area (Å²) in [5, 5.41) is 9.32. The molecular weight excluding hydrogens is 264 g/mol. The van der Waals surface area contributed by atoms with Crippen LogP contribution in [0.1, 0.15) is 11.3 Å². The summed E-state index contributed by atoms with van der Waals surface area (Å²) in [6, 6.07) is 16.5. The fraction of sp³-hybridized carbons (Fsp3) is 0.0588. The minimum absolute atomic E-state index is 0.179. The molecule has 0 fully saturated rings. The van der Waals surface area contributed by atoms with E-state index in [1.54, 1.807) is 30.5 Å². The smallest absolute Gasteiger partial charge is 0.270 e. The molecule has 1 heterocycles. The molecule has 0 bridgehead atoms. The first kappa shape index (κ1) is 13.1. The lowest BCUT2D eigenvalue weighted by molar-refractivity contribution is 0.475. The molecule has 2 N–H and O–H groups in total. The van der Waals surface area contributed by atoms with E-state index in [4.69, 9.17) is 0 Å². The first-order valence-corrected chi connectivity index (χ1v) is 6.64. The van der Waals surface area contributed by atoms with E-state index in [2.05, 4.69) is 9.97 Å². The highest BCUT2D eigenvalue weighted by Crippen LogP contribution is 2.19. The Morgan fingerprint density at radius 3 is 2.43 bits per heavy atom. The van der Waals surface area contributed by atoms with Gasteiger partial charge in [-0.3, -0.25) is 4.79 Å². The van der Waals surface area contributed by atoms with Crippen LogP contribution in [-0.2, 0) is 6.42 Å². The maximum atomic E-state index is 11.9. The van der Waals surface area contributed by atoms with Gasteiger partial charge in [-0.15, -0.1) is 0 Å². The van der Waals surface area contributed by atoms with Gasteiger partial charge < -0.3 is 10.1 Å². The number of aromatic amines is 1. The Morgan fingerprint density at radius 2 is 1.71 bits per heavy atom. The van der Waals surface area contributed by atoms with Gasteiger partial charge in [-0.1, -0.05) is 30.3 Å². The number of hydrogen-bond donors (Lipinski definition) is 2. The fourth-order valence-electron chi connectivity index (χ4n) is 2.13. The molecule has 3 rings (SSSR count). The number of phenols is 1. The zero-order chi connectivity index (χ0) is 14.7. The molecule has 0 unspecified atom stereocenters. The second-order valence-corrected chi connectivity index (χ2v) is 4.77. The highest BCUT2D eigenvalue weighted by Gasteiger charge is 2.07. The molecule has 0 amide bonds. The maximum absolute atomic E-state index is 11.9. The molecule has 1 aromatic heterocycles. The number of phenolic OH excluding ortho intramolecular Hbond substituents is 1. The third kappa shape index (κ3) is 3.00. The van der Waals surface area contributed by atoms with Crippen LogP contribution >= 0.6 is 0 Å². The molecule has 0 aliphatic carbocycles. The van der Waals surface area contributed by atoms with Crippen LogP contribution in [0.3, 0.4) is 0 Å². The molecule has 2 aromatic carbocycles. The zero-order valence-corrected chi connectivity index (χ0v) is 11.3. The molecule has 104 valence electrons. The third-order valence-electron chi connectivity index (χ3n) is 3.23. The lowest BCUT2D eigenvalue weighted by Gasteiger charge is -2.04. The van der Waals surface area contributed by atoms with Crippen molar-refractivity contribution in [2.75, 3.05) is 0 Å². The van der Waals surface area contributed by atoms with Gasteiger partial charge in [0.1, 0.15) is 11.4 Å². The van der Waals surface area contributed by atoms with Gasteiger partial charge >= 0.3 is 0 Å². The predicted molar refractivity (Wildman–Crippen MR) is 81.2 cm³/mol. The number of aromatic nitrogens is 2. The van der Waals surface area contributed by atoms with Crippen molar-refractivity contribution in [3.63, 3.8) is 0 Å². The van der Waals surface area contributed by atoms with Gasteiger partial charge in [0.15, 0.2) is 0 Å². The van der Waals surface area contributed by atoms with Crippen LogP contribution < -0.4 is 5.56 Å². The van der Waals surface area contributed by atoms with Crippen molar-refractivity contribution in [1.82, 2.24) is 9.97 Å². The van der Waals surface area contributed by atoms with E-state index < -0.39 is 0 Å². The number of nitrogens with zero attached hydrogens (tertiary/aromatic N) is 1. The van der Waals surface area contributed by atoms with E-state index in [0.717, 1.165) is 11.1 Å². The van der Waals surface area contributed by atoms with Crippen LogP contribution in [0.4, 0.5) is 0 Å². The summed E-state index contributed by atoms with van der Waals surface area (Å²) in [5.41, 5.74) is 2.87.